The summed E-state index contributed by atoms with van der Waals surface area (Å²) in [5.74, 6) is -0.376. The van der Waals surface area contributed by atoms with Crippen LogP contribution in [0.5, 0.6) is 0 Å². The lowest BCUT2D eigenvalue weighted by atomic mass is 9.95. The molecule has 1 aromatic rings. The lowest BCUT2D eigenvalue weighted by Gasteiger charge is -2.32. The lowest BCUT2D eigenvalue weighted by molar-refractivity contribution is -0.157. The number of aromatic nitrogens is 2. The number of carbonyl (C=O) groups excluding carboxylic acids is 2. The Morgan fingerprint density at radius 2 is 2.00 bits per heavy atom. The molecule has 25 heavy (non-hydrogen) atoms. The van der Waals surface area contributed by atoms with Crippen LogP contribution in [0.4, 0.5) is 13.2 Å². The van der Waals surface area contributed by atoms with E-state index in [9.17, 15) is 22.8 Å². The molecule has 1 aromatic heterocycles. The number of carbonyl (C=O) groups is 2. The van der Waals surface area contributed by atoms with Gasteiger partial charge in [0.15, 0.2) is 5.82 Å². The molecule has 1 unspecified atom stereocenters. The maximum atomic E-state index is 12.5. The van der Waals surface area contributed by atoms with Crippen LogP contribution in [0.15, 0.2) is 4.52 Å². The zero-order chi connectivity index (χ0) is 18.2. The molecule has 2 aliphatic heterocycles. The molecule has 0 aromatic carbocycles. The van der Waals surface area contributed by atoms with E-state index in [2.05, 4.69) is 10.1 Å². The molecule has 0 spiro atoms. The highest BCUT2D eigenvalue weighted by molar-refractivity contribution is 5.89. The zero-order valence-electron chi connectivity index (χ0n) is 13.8. The van der Waals surface area contributed by atoms with Crippen LogP contribution in [0.3, 0.4) is 0 Å². The number of nitrogens with zero attached hydrogens (tertiary/aromatic N) is 4. The van der Waals surface area contributed by atoms with E-state index in [1.165, 1.54) is 0 Å². The first-order valence-electron chi connectivity index (χ1n) is 8.16. The average molecular weight is 360 g/mol. The van der Waals surface area contributed by atoms with Crippen LogP contribution in [0.2, 0.25) is 0 Å². The highest BCUT2D eigenvalue weighted by Crippen LogP contribution is 2.30. The van der Waals surface area contributed by atoms with Crippen LogP contribution in [0.25, 0.3) is 0 Å². The number of rotatable bonds is 3. The second-order valence-electron chi connectivity index (χ2n) is 6.57. The third kappa shape index (κ3) is 4.10. The molecule has 10 heteroatoms. The highest BCUT2D eigenvalue weighted by Gasteiger charge is 2.42. The fourth-order valence-electron chi connectivity index (χ4n) is 3.39. The maximum Gasteiger partial charge on any atom is 0.406 e. The summed E-state index contributed by atoms with van der Waals surface area (Å²) in [6.45, 7) is 1.20. The number of hydrogen-bond acceptors (Lipinski definition) is 5. The third-order valence-electron chi connectivity index (χ3n) is 4.63. The van der Waals surface area contributed by atoms with Crippen LogP contribution in [0.1, 0.15) is 36.9 Å². The Kier molecular flexibility index (Phi) is 4.70. The van der Waals surface area contributed by atoms with E-state index in [1.54, 1.807) is 11.8 Å². The second kappa shape index (κ2) is 6.64. The van der Waals surface area contributed by atoms with E-state index < -0.39 is 24.5 Å². The minimum Gasteiger partial charge on any atom is -0.342 e. The lowest BCUT2D eigenvalue weighted by Crippen LogP contribution is -2.42. The highest BCUT2D eigenvalue weighted by atomic mass is 19.4. The van der Waals surface area contributed by atoms with Crippen LogP contribution < -0.4 is 0 Å². The normalized spacial score (nSPS) is 22.7. The summed E-state index contributed by atoms with van der Waals surface area (Å²) in [5.41, 5.74) is 0. The fraction of sp³-hybridized carbons (Fsp3) is 0.733. The number of alkyl halides is 3. The first kappa shape index (κ1) is 17.7. The summed E-state index contributed by atoms with van der Waals surface area (Å²) >= 11 is 0. The van der Waals surface area contributed by atoms with Gasteiger partial charge < -0.3 is 14.3 Å². The summed E-state index contributed by atoms with van der Waals surface area (Å²) in [7, 11) is 0. The van der Waals surface area contributed by atoms with Gasteiger partial charge in [0.1, 0.15) is 6.54 Å². The van der Waals surface area contributed by atoms with Gasteiger partial charge in [-0.25, -0.2) is 0 Å². The van der Waals surface area contributed by atoms with Gasteiger partial charge in [0.05, 0.1) is 5.92 Å². The van der Waals surface area contributed by atoms with Crippen molar-refractivity contribution < 1.29 is 27.3 Å². The summed E-state index contributed by atoms with van der Waals surface area (Å²) in [6.07, 6.45) is -3.30. The van der Waals surface area contributed by atoms with Gasteiger partial charge in [-0.3, -0.25) is 9.59 Å². The number of amides is 2. The Morgan fingerprint density at radius 1 is 1.32 bits per heavy atom. The quantitative estimate of drug-likeness (QED) is 0.816. The molecule has 2 aliphatic rings. The zero-order valence-corrected chi connectivity index (χ0v) is 13.8. The van der Waals surface area contributed by atoms with Gasteiger partial charge in [-0.1, -0.05) is 5.16 Å². The van der Waals surface area contributed by atoms with Crippen molar-refractivity contribution in [3.8, 4) is 0 Å². The van der Waals surface area contributed by atoms with Gasteiger partial charge in [0, 0.05) is 32.0 Å². The Labute approximate surface area is 142 Å². The SMILES string of the molecule is Cc1noc(C2CCN(C(=O)C3CC(=O)N(CC(F)(F)F)C3)CC2)n1. The third-order valence-corrected chi connectivity index (χ3v) is 4.63. The molecule has 0 N–H and O–H groups in total. The molecular formula is C15H19F3N4O3. The van der Waals surface area contributed by atoms with E-state index in [4.69, 9.17) is 4.52 Å². The fourth-order valence-corrected chi connectivity index (χ4v) is 3.39. The Morgan fingerprint density at radius 3 is 2.56 bits per heavy atom. The predicted molar refractivity (Wildman–Crippen MR) is 78.3 cm³/mol. The van der Waals surface area contributed by atoms with Crippen LogP contribution in [-0.2, 0) is 9.59 Å². The number of halogens is 3. The Hall–Kier alpha value is -2.13. The topological polar surface area (TPSA) is 79.5 Å². The van der Waals surface area contributed by atoms with Gasteiger partial charge in [0.2, 0.25) is 17.7 Å². The van der Waals surface area contributed by atoms with E-state index in [1.807, 2.05) is 0 Å². The molecule has 1 atom stereocenters. The van der Waals surface area contributed by atoms with Crippen LogP contribution >= 0.6 is 0 Å². The summed E-state index contributed by atoms with van der Waals surface area (Å²) < 4.78 is 42.5. The number of hydrogen-bond donors (Lipinski definition) is 0. The molecule has 7 nitrogen and oxygen atoms in total. The molecule has 138 valence electrons. The van der Waals surface area contributed by atoms with E-state index in [0.29, 0.717) is 37.6 Å². The average Bonchev–Trinajstić information content (AvgIpc) is 3.12. The van der Waals surface area contributed by atoms with Gasteiger partial charge >= 0.3 is 6.18 Å². The minimum absolute atomic E-state index is 0.0807. The molecule has 2 amide bonds. The van der Waals surface area contributed by atoms with E-state index in [-0.39, 0.29) is 24.8 Å². The van der Waals surface area contributed by atoms with Gasteiger partial charge in [-0.05, 0) is 19.8 Å². The molecule has 0 aliphatic carbocycles. The van der Waals surface area contributed by atoms with Crippen molar-refractivity contribution in [2.45, 2.75) is 38.3 Å². The Bertz CT molecular complexity index is 653. The summed E-state index contributed by atoms with van der Waals surface area (Å²) in [5, 5.41) is 3.75. The van der Waals surface area contributed by atoms with E-state index >= 15 is 0 Å². The largest absolute Gasteiger partial charge is 0.406 e. The van der Waals surface area contributed by atoms with Crippen LogP contribution in [-0.4, -0.2) is 64.1 Å². The first-order chi connectivity index (χ1) is 11.7. The molecule has 0 radical (unpaired) electrons. The molecule has 2 saturated heterocycles. The minimum atomic E-state index is -4.45. The molecular weight excluding hydrogens is 341 g/mol. The number of likely N-dealkylation sites (tertiary alicyclic amines) is 2. The molecule has 2 fully saturated rings. The van der Waals surface area contributed by atoms with Gasteiger partial charge in [0.25, 0.3) is 0 Å². The van der Waals surface area contributed by atoms with Crippen molar-refractivity contribution in [3.05, 3.63) is 11.7 Å². The van der Waals surface area contributed by atoms with Gasteiger partial charge in [-0.15, -0.1) is 0 Å². The molecule has 0 saturated carbocycles. The van der Waals surface area contributed by atoms with Crippen molar-refractivity contribution in [1.29, 1.82) is 0 Å². The van der Waals surface area contributed by atoms with E-state index in [0.717, 1.165) is 4.90 Å². The maximum absolute atomic E-state index is 12.5. The first-order valence-corrected chi connectivity index (χ1v) is 8.16. The molecule has 3 heterocycles. The van der Waals surface area contributed by atoms with Crippen molar-refractivity contribution in [3.63, 3.8) is 0 Å². The van der Waals surface area contributed by atoms with Crippen molar-refractivity contribution in [1.82, 2.24) is 19.9 Å². The number of aryl methyl sites for hydroxylation is 1. The summed E-state index contributed by atoms with van der Waals surface area (Å²) in [6, 6.07) is 0. The molecule has 3 rings (SSSR count). The van der Waals surface area contributed by atoms with Gasteiger partial charge in [-0.2, -0.15) is 18.2 Å². The predicted octanol–water partition coefficient (Wildman–Crippen LogP) is 1.49. The van der Waals surface area contributed by atoms with Crippen molar-refractivity contribution >= 4 is 11.8 Å². The Balaban J connectivity index is 1.54. The van der Waals surface area contributed by atoms with Crippen molar-refractivity contribution in [2.75, 3.05) is 26.2 Å². The second-order valence-corrected chi connectivity index (χ2v) is 6.57. The van der Waals surface area contributed by atoms with Crippen molar-refractivity contribution in [2.24, 2.45) is 5.92 Å². The summed E-state index contributed by atoms with van der Waals surface area (Å²) in [4.78, 5) is 30.8. The standard InChI is InChI=1S/C15H19F3N4O3/c1-9-19-13(25-20-9)10-2-4-21(5-3-10)14(24)11-6-12(23)22(7-11)8-15(16,17)18/h10-11H,2-8H2,1H3. The monoisotopic (exact) mass is 360 g/mol. The molecule has 0 bridgehead atoms. The number of piperidine rings is 1. The smallest absolute Gasteiger partial charge is 0.342 e. The van der Waals surface area contributed by atoms with Crippen LogP contribution in [0, 0.1) is 12.8 Å².